The van der Waals surface area contributed by atoms with Crippen LogP contribution in [0.2, 0.25) is 0 Å². The first kappa shape index (κ1) is 13.1. The summed E-state index contributed by atoms with van der Waals surface area (Å²) in [6.07, 6.45) is 0.453. The molecule has 0 saturated carbocycles. The Morgan fingerprint density at radius 2 is 1.58 bits per heavy atom. The first-order valence-corrected chi connectivity index (χ1v) is 6.23. The quantitative estimate of drug-likeness (QED) is 0.862. The number of rotatable bonds is 6. The molecular weight excluding hydrogens is 240 g/mol. The average Bonchev–Trinajstić information content (AvgIpc) is 2.45. The van der Waals surface area contributed by atoms with Crippen LogP contribution in [0, 0.1) is 0 Å². The first-order chi connectivity index (χ1) is 9.27. The largest absolute Gasteiger partial charge is 0.494 e. The van der Waals surface area contributed by atoms with Crippen molar-refractivity contribution in [2.24, 2.45) is 0 Å². The van der Waals surface area contributed by atoms with E-state index in [1.165, 1.54) is 0 Å². The summed E-state index contributed by atoms with van der Waals surface area (Å²) in [5.74, 6) is -0.576. The Hall–Kier alpha value is -2.29. The Kier molecular flexibility index (Phi) is 4.56. The van der Waals surface area contributed by atoms with Gasteiger partial charge < -0.3 is 9.84 Å². The Morgan fingerprint density at radius 3 is 2.16 bits per heavy atom. The molecule has 0 bridgehead atoms. The second kappa shape index (κ2) is 6.59. The van der Waals surface area contributed by atoms with Crippen molar-refractivity contribution >= 4 is 5.97 Å². The lowest BCUT2D eigenvalue weighted by atomic mass is 9.96. The number of carboxylic acid groups (broad SMARTS) is 1. The van der Waals surface area contributed by atoms with Crippen LogP contribution in [0.15, 0.2) is 60.7 Å². The van der Waals surface area contributed by atoms with Crippen LogP contribution in [0.1, 0.15) is 17.9 Å². The molecule has 1 unspecified atom stereocenters. The van der Waals surface area contributed by atoms with Gasteiger partial charge in [-0.05, 0) is 24.1 Å². The molecule has 19 heavy (non-hydrogen) atoms. The summed E-state index contributed by atoms with van der Waals surface area (Å²) in [4.78, 5) is 11.3. The third kappa shape index (κ3) is 3.85. The average molecular weight is 256 g/mol. The first-order valence-electron chi connectivity index (χ1n) is 6.23. The van der Waals surface area contributed by atoms with E-state index in [1.807, 2.05) is 60.7 Å². The molecule has 2 aromatic rings. The van der Waals surface area contributed by atoms with E-state index in [2.05, 4.69) is 0 Å². The topological polar surface area (TPSA) is 46.5 Å². The van der Waals surface area contributed by atoms with Gasteiger partial charge in [0.2, 0.25) is 0 Å². The van der Waals surface area contributed by atoms with Crippen LogP contribution in [0.4, 0.5) is 0 Å². The molecule has 0 amide bonds. The van der Waals surface area contributed by atoms with Gasteiger partial charge >= 0.3 is 5.97 Å². The number of ether oxygens (including phenoxy) is 1. The zero-order valence-corrected chi connectivity index (χ0v) is 10.5. The predicted molar refractivity (Wildman–Crippen MR) is 73.4 cm³/mol. The van der Waals surface area contributed by atoms with Crippen LogP contribution in [0.3, 0.4) is 0 Å². The molecule has 98 valence electrons. The summed E-state index contributed by atoms with van der Waals surface area (Å²) in [7, 11) is 0. The van der Waals surface area contributed by atoms with E-state index in [0.29, 0.717) is 13.0 Å². The van der Waals surface area contributed by atoms with Crippen molar-refractivity contribution in [1.82, 2.24) is 0 Å². The van der Waals surface area contributed by atoms with E-state index >= 15 is 0 Å². The third-order valence-corrected chi connectivity index (χ3v) is 2.92. The molecule has 0 aliphatic heterocycles. The minimum Gasteiger partial charge on any atom is -0.494 e. The molecule has 3 nitrogen and oxygen atoms in total. The summed E-state index contributed by atoms with van der Waals surface area (Å²) in [5, 5.41) is 9.27. The maximum Gasteiger partial charge on any atom is 0.311 e. The molecule has 0 aliphatic rings. The molecule has 0 saturated heterocycles. The normalized spacial score (nSPS) is 11.8. The third-order valence-electron chi connectivity index (χ3n) is 2.92. The maximum absolute atomic E-state index is 11.3. The number of para-hydroxylation sites is 1. The van der Waals surface area contributed by atoms with Gasteiger partial charge in [-0.1, -0.05) is 48.5 Å². The number of benzene rings is 2. The summed E-state index contributed by atoms with van der Waals surface area (Å²) in [6.45, 7) is 0.385. The number of carbonyl (C=O) groups is 1. The second-order valence-corrected chi connectivity index (χ2v) is 4.25. The monoisotopic (exact) mass is 256 g/mol. The second-order valence-electron chi connectivity index (χ2n) is 4.25. The minimum absolute atomic E-state index is 0.385. The highest BCUT2D eigenvalue weighted by Gasteiger charge is 2.19. The summed E-state index contributed by atoms with van der Waals surface area (Å²) in [6, 6.07) is 18.7. The van der Waals surface area contributed by atoms with Crippen LogP contribution in [0.5, 0.6) is 5.75 Å². The zero-order valence-electron chi connectivity index (χ0n) is 10.5. The summed E-state index contributed by atoms with van der Waals surface area (Å²) < 4.78 is 5.54. The fourth-order valence-corrected chi connectivity index (χ4v) is 1.93. The molecule has 1 atom stereocenters. The van der Waals surface area contributed by atoms with E-state index in [0.717, 1.165) is 11.3 Å². The summed E-state index contributed by atoms with van der Waals surface area (Å²) in [5.41, 5.74) is 0.812. The molecular formula is C16H16O3. The number of carboxylic acids is 1. The van der Waals surface area contributed by atoms with Crippen molar-refractivity contribution in [3.8, 4) is 5.75 Å². The molecule has 0 radical (unpaired) electrons. The fraction of sp³-hybridized carbons (Fsp3) is 0.188. The zero-order chi connectivity index (χ0) is 13.5. The molecule has 0 heterocycles. The smallest absolute Gasteiger partial charge is 0.311 e. The van der Waals surface area contributed by atoms with Gasteiger partial charge in [-0.3, -0.25) is 4.79 Å². The van der Waals surface area contributed by atoms with Crippen molar-refractivity contribution in [2.45, 2.75) is 12.3 Å². The molecule has 2 aromatic carbocycles. The molecule has 0 aromatic heterocycles. The van der Waals surface area contributed by atoms with Gasteiger partial charge in [0.05, 0.1) is 12.5 Å². The van der Waals surface area contributed by atoms with Crippen LogP contribution in [-0.2, 0) is 4.79 Å². The predicted octanol–water partition coefficient (Wildman–Crippen LogP) is 3.32. The lowest BCUT2D eigenvalue weighted by Crippen LogP contribution is -2.15. The van der Waals surface area contributed by atoms with Crippen molar-refractivity contribution in [3.05, 3.63) is 66.2 Å². The van der Waals surface area contributed by atoms with Crippen LogP contribution in [-0.4, -0.2) is 17.7 Å². The van der Waals surface area contributed by atoms with Crippen molar-refractivity contribution < 1.29 is 14.6 Å². The molecule has 0 fully saturated rings. The van der Waals surface area contributed by atoms with Gasteiger partial charge in [0.25, 0.3) is 0 Å². The van der Waals surface area contributed by atoms with Gasteiger partial charge in [0.1, 0.15) is 5.75 Å². The number of aliphatic carboxylic acids is 1. The van der Waals surface area contributed by atoms with E-state index in [9.17, 15) is 9.90 Å². The Morgan fingerprint density at radius 1 is 1.00 bits per heavy atom. The van der Waals surface area contributed by atoms with E-state index in [4.69, 9.17) is 4.74 Å². The Bertz CT molecular complexity index is 508. The highest BCUT2D eigenvalue weighted by atomic mass is 16.5. The molecule has 0 aliphatic carbocycles. The van der Waals surface area contributed by atoms with Gasteiger partial charge in [0.15, 0.2) is 0 Å². The van der Waals surface area contributed by atoms with E-state index in [1.54, 1.807) is 0 Å². The van der Waals surface area contributed by atoms with Crippen LogP contribution in [0.25, 0.3) is 0 Å². The van der Waals surface area contributed by atoms with Gasteiger partial charge in [-0.2, -0.15) is 0 Å². The highest BCUT2D eigenvalue weighted by molar-refractivity contribution is 5.76. The van der Waals surface area contributed by atoms with Gasteiger partial charge in [-0.25, -0.2) is 0 Å². The molecule has 0 spiro atoms. The molecule has 3 heteroatoms. The maximum atomic E-state index is 11.3. The SMILES string of the molecule is O=C(O)C(CCOc1ccccc1)c1ccccc1. The molecule has 2 rings (SSSR count). The highest BCUT2D eigenvalue weighted by Crippen LogP contribution is 2.20. The van der Waals surface area contributed by atoms with Crippen molar-refractivity contribution in [3.63, 3.8) is 0 Å². The van der Waals surface area contributed by atoms with Crippen molar-refractivity contribution in [2.75, 3.05) is 6.61 Å². The Balaban J connectivity index is 1.94. The fourth-order valence-electron chi connectivity index (χ4n) is 1.93. The number of hydrogen-bond donors (Lipinski definition) is 1. The van der Waals surface area contributed by atoms with Gasteiger partial charge in [-0.15, -0.1) is 0 Å². The van der Waals surface area contributed by atoms with Crippen LogP contribution < -0.4 is 4.74 Å². The standard InChI is InChI=1S/C16H16O3/c17-16(18)15(13-7-3-1-4-8-13)11-12-19-14-9-5-2-6-10-14/h1-10,15H,11-12H2,(H,17,18). The van der Waals surface area contributed by atoms with Crippen molar-refractivity contribution in [1.29, 1.82) is 0 Å². The van der Waals surface area contributed by atoms with Crippen LogP contribution >= 0.6 is 0 Å². The lowest BCUT2D eigenvalue weighted by molar-refractivity contribution is -0.139. The molecule has 1 N–H and O–H groups in total. The van der Waals surface area contributed by atoms with E-state index < -0.39 is 11.9 Å². The summed E-state index contributed by atoms with van der Waals surface area (Å²) >= 11 is 0. The number of hydrogen-bond acceptors (Lipinski definition) is 2. The minimum atomic E-state index is -0.817. The van der Waals surface area contributed by atoms with Gasteiger partial charge in [0, 0.05) is 0 Å². The lowest BCUT2D eigenvalue weighted by Gasteiger charge is -2.13. The van der Waals surface area contributed by atoms with E-state index in [-0.39, 0.29) is 0 Å². The Labute approximate surface area is 112 Å².